The third-order valence-electron chi connectivity index (χ3n) is 3.32. The summed E-state index contributed by atoms with van der Waals surface area (Å²) in [6, 6.07) is 6.40. The van der Waals surface area contributed by atoms with Gasteiger partial charge in [0.25, 0.3) is 0 Å². The molecule has 3 aromatic rings. The number of pyridine rings is 1. The van der Waals surface area contributed by atoms with Crippen LogP contribution >= 0.6 is 11.6 Å². The zero-order chi connectivity index (χ0) is 18.0. The van der Waals surface area contributed by atoms with Crippen LogP contribution in [0.2, 0.25) is 5.02 Å². The smallest absolute Gasteiger partial charge is 0.214 e. The summed E-state index contributed by atoms with van der Waals surface area (Å²) in [5, 5.41) is 14.0. The van der Waals surface area contributed by atoms with Gasteiger partial charge in [-0.2, -0.15) is 4.98 Å². The second kappa shape index (κ2) is 6.98. The van der Waals surface area contributed by atoms with Crippen molar-refractivity contribution in [3.63, 3.8) is 0 Å². The molecule has 0 atom stereocenters. The number of aromatic hydroxyl groups is 1. The number of hydrogen-bond donors (Lipinski definition) is 2. The SMILES string of the molecule is COc1ccc(Cl)c(Nc2ncnc3cc(O)cc(OC(C)C)c23)n1. The summed E-state index contributed by atoms with van der Waals surface area (Å²) in [4.78, 5) is 12.8. The summed E-state index contributed by atoms with van der Waals surface area (Å²) in [6.45, 7) is 3.79. The second-order valence-corrected chi connectivity index (χ2v) is 5.94. The number of hydrogen-bond acceptors (Lipinski definition) is 7. The van der Waals surface area contributed by atoms with Crippen LogP contribution in [0.5, 0.6) is 17.4 Å². The monoisotopic (exact) mass is 360 g/mol. The summed E-state index contributed by atoms with van der Waals surface area (Å²) in [5.41, 5.74) is 0.534. The van der Waals surface area contributed by atoms with E-state index >= 15 is 0 Å². The van der Waals surface area contributed by atoms with E-state index in [1.807, 2.05) is 13.8 Å². The van der Waals surface area contributed by atoms with E-state index in [1.54, 1.807) is 12.1 Å². The molecule has 0 fully saturated rings. The van der Waals surface area contributed by atoms with E-state index in [1.165, 1.54) is 25.6 Å². The molecule has 130 valence electrons. The number of aromatic nitrogens is 3. The molecule has 1 aromatic carbocycles. The lowest BCUT2D eigenvalue weighted by Crippen LogP contribution is -2.07. The van der Waals surface area contributed by atoms with E-state index in [9.17, 15) is 5.11 Å². The Hall–Kier alpha value is -2.80. The molecule has 0 saturated heterocycles. The summed E-state index contributed by atoms with van der Waals surface area (Å²) in [5.74, 6) is 1.80. The van der Waals surface area contributed by atoms with Crippen molar-refractivity contribution in [2.45, 2.75) is 20.0 Å². The van der Waals surface area contributed by atoms with Crippen molar-refractivity contribution in [2.24, 2.45) is 0 Å². The van der Waals surface area contributed by atoms with Crippen molar-refractivity contribution >= 4 is 34.1 Å². The third kappa shape index (κ3) is 3.66. The van der Waals surface area contributed by atoms with Gasteiger partial charge >= 0.3 is 0 Å². The predicted octanol–water partition coefficient (Wildman–Crippen LogP) is 3.92. The summed E-state index contributed by atoms with van der Waals surface area (Å²) < 4.78 is 10.9. The number of nitrogens with zero attached hydrogens (tertiary/aromatic N) is 3. The molecule has 0 bridgehead atoms. The number of fused-ring (bicyclic) bond motifs is 1. The lowest BCUT2D eigenvalue weighted by Gasteiger charge is -2.15. The summed E-state index contributed by atoms with van der Waals surface area (Å²) in [7, 11) is 1.53. The minimum absolute atomic E-state index is 0.0605. The van der Waals surface area contributed by atoms with Crippen LogP contribution in [0.3, 0.4) is 0 Å². The Kier molecular flexibility index (Phi) is 4.76. The standard InChI is InChI=1S/C17H17ClN4O3/c1-9(2)25-13-7-10(23)6-12-15(13)17(20-8-19-12)22-16-11(18)4-5-14(21-16)24-3/h4-9,23H,1-3H3,(H,19,20,21,22). The molecule has 0 aliphatic rings. The van der Waals surface area contributed by atoms with Gasteiger partial charge in [-0.3, -0.25) is 0 Å². The van der Waals surface area contributed by atoms with Gasteiger partial charge in [0.2, 0.25) is 5.88 Å². The van der Waals surface area contributed by atoms with Crippen LogP contribution in [-0.4, -0.2) is 33.3 Å². The predicted molar refractivity (Wildman–Crippen MR) is 96.0 cm³/mol. The third-order valence-corrected chi connectivity index (χ3v) is 3.62. The van der Waals surface area contributed by atoms with Crippen molar-refractivity contribution in [3.8, 4) is 17.4 Å². The number of phenolic OH excluding ortho intramolecular Hbond substituents is 1. The zero-order valence-electron chi connectivity index (χ0n) is 13.9. The van der Waals surface area contributed by atoms with Crippen molar-refractivity contribution < 1.29 is 14.6 Å². The van der Waals surface area contributed by atoms with Crippen LogP contribution in [0.4, 0.5) is 11.6 Å². The first-order chi connectivity index (χ1) is 12.0. The van der Waals surface area contributed by atoms with Gasteiger partial charge in [-0.15, -0.1) is 0 Å². The van der Waals surface area contributed by atoms with Crippen LogP contribution in [0.1, 0.15) is 13.8 Å². The Balaban J connectivity index is 2.13. The Labute approximate surface area is 149 Å². The number of benzene rings is 1. The fourth-order valence-electron chi connectivity index (χ4n) is 2.32. The first kappa shape index (κ1) is 17.0. The number of halogens is 1. The summed E-state index contributed by atoms with van der Waals surface area (Å²) in [6.07, 6.45) is 1.30. The first-order valence-electron chi connectivity index (χ1n) is 7.60. The van der Waals surface area contributed by atoms with E-state index in [2.05, 4.69) is 20.3 Å². The number of methoxy groups -OCH3 is 1. The van der Waals surface area contributed by atoms with Crippen LogP contribution < -0.4 is 14.8 Å². The molecule has 7 nitrogen and oxygen atoms in total. The molecule has 8 heteroatoms. The van der Waals surface area contributed by atoms with Gasteiger partial charge < -0.3 is 19.9 Å². The maximum Gasteiger partial charge on any atom is 0.214 e. The maximum atomic E-state index is 9.91. The van der Waals surface area contributed by atoms with Crippen molar-refractivity contribution in [1.82, 2.24) is 15.0 Å². The highest BCUT2D eigenvalue weighted by atomic mass is 35.5. The molecule has 0 radical (unpaired) electrons. The van der Waals surface area contributed by atoms with Crippen LogP contribution in [-0.2, 0) is 0 Å². The molecule has 3 rings (SSSR count). The van der Waals surface area contributed by atoms with Crippen LogP contribution in [0.15, 0.2) is 30.6 Å². The van der Waals surface area contributed by atoms with Gasteiger partial charge in [-0.1, -0.05) is 11.6 Å². The van der Waals surface area contributed by atoms with Gasteiger partial charge in [0.05, 0.1) is 29.1 Å². The molecule has 2 N–H and O–H groups in total. The van der Waals surface area contributed by atoms with Gasteiger partial charge in [0, 0.05) is 18.2 Å². The van der Waals surface area contributed by atoms with Gasteiger partial charge in [0.1, 0.15) is 23.6 Å². The molecule has 0 aliphatic heterocycles. The van der Waals surface area contributed by atoms with Crippen molar-refractivity contribution in [1.29, 1.82) is 0 Å². The lowest BCUT2D eigenvalue weighted by molar-refractivity contribution is 0.244. The van der Waals surface area contributed by atoms with E-state index in [0.717, 1.165) is 0 Å². The molecule has 25 heavy (non-hydrogen) atoms. The molecule has 0 aliphatic carbocycles. The number of ether oxygens (including phenoxy) is 2. The molecule has 0 saturated carbocycles. The Morgan fingerprint density at radius 3 is 2.68 bits per heavy atom. The number of nitrogens with one attached hydrogen (secondary N) is 1. The molecule has 0 spiro atoms. The molecule has 0 amide bonds. The molecular formula is C17H17ClN4O3. The molecule has 2 heterocycles. The van der Waals surface area contributed by atoms with E-state index in [-0.39, 0.29) is 11.9 Å². The first-order valence-corrected chi connectivity index (χ1v) is 7.97. The normalized spacial score (nSPS) is 10.9. The highest BCUT2D eigenvalue weighted by Gasteiger charge is 2.15. The lowest BCUT2D eigenvalue weighted by atomic mass is 10.2. The highest BCUT2D eigenvalue weighted by molar-refractivity contribution is 6.33. The topological polar surface area (TPSA) is 89.4 Å². The Morgan fingerprint density at radius 2 is 1.96 bits per heavy atom. The van der Waals surface area contributed by atoms with E-state index < -0.39 is 0 Å². The molecule has 0 unspecified atom stereocenters. The number of phenols is 1. The van der Waals surface area contributed by atoms with Gasteiger partial charge in [-0.05, 0) is 19.9 Å². The summed E-state index contributed by atoms with van der Waals surface area (Å²) >= 11 is 6.21. The minimum Gasteiger partial charge on any atom is -0.508 e. The van der Waals surface area contributed by atoms with Crippen molar-refractivity contribution in [3.05, 3.63) is 35.6 Å². The van der Waals surface area contributed by atoms with E-state index in [0.29, 0.717) is 39.2 Å². The quantitative estimate of drug-likeness (QED) is 0.712. The fraction of sp³-hybridized carbons (Fsp3) is 0.235. The number of anilines is 2. The largest absolute Gasteiger partial charge is 0.508 e. The average Bonchev–Trinajstić information content (AvgIpc) is 2.56. The van der Waals surface area contributed by atoms with Crippen molar-refractivity contribution in [2.75, 3.05) is 12.4 Å². The average molecular weight is 361 g/mol. The Morgan fingerprint density at radius 1 is 1.16 bits per heavy atom. The number of rotatable bonds is 5. The molecule has 2 aromatic heterocycles. The maximum absolute atomic E-state index is 9.91. The van der Waals surface area contributed by atoms with E-state index in [4.69, 9.17) is 21.1 Å². The van der Waals surface area contributed by atoms with Gasteiger partial charge in [-0.25, -0.2) is 9.97 Å². The Bertz CT molecular complexity index is 918. The van der Waals surface area contributed by atoms with Crippen LogP contribution in [0, 0.1) is 0 Å². The zero-order valence-corrected chi connectivity index (χ0v) is 14.7. The van der Waals surface area contributed by atoms with Gasteiger partial charge in [0.15, 0.2) is 5.82 Å². The van der Waals surface area contributed by atoms with Crippen LogP contribution in [0.25, 0.3) is 10.9 Å². The fourth-order valence-corrected chi connectivity index (χ4v) is 2.47. The molecular weight excluding hydrogens is 344 g/mol. The highest BCUT2D eigenvalue weighted by Crippen LogP contribution is 2.36. The minimum atomic E-state index is -0.0865. The second-order valence-electron chi connectivity index (χ2n) is 5.54.